The Morgan fingerprint density at radius 3 is 2.58 bits per heavy atom. The Morgan fingerprint density at radius 1 is 1.08 bits per heavy atom. The van der Waals surface area contributed by atoms with Crippen LogP contribution in [0.1, 0.15) is 48.9 Å². The number of methoxy groups -OCH3 is 2. The Hall–Kier alpha value is -3.15. The third-order valence-electron chi connectivity index (χ3n) is 7.90. The summed E-state index contributed by atoms with van der Waals surface area (Å²) in [7, 11) is 2.90. The average molecular weight is 535 g/mol. The highest BCUT2D eigenvalue weighted by atomic mass is 19.4. The van der Waals surface area contributed by atoms with Gasteiger partial charge in [0.15, 0.2) is 0 Å². The minimum Gasteiger partial charge on any atom is -0.481 e. The van der Waals surface area contributed by atoms with Crippen molar-refractivity contribution in [1.29, 1.82) is 0 Å². The second kappa shape index (κ2) is 10.9. The zero-order valence-electron chi connectivity index (χ0n) is 21.6. The van der Waals surface area contributed by atoms with E-state index in [1.54, 1.807) is 7.11 Å². The van der Waals surface area contributed by atoms with Gasteiger partial charge in [-0.1, -0.05) is 0 Å². The first-order chi connectivity index (χ1) is 18.3. The number of aromatic nitrogens is 3. The van der Waals surface area contributed by atoms with Crippen molar-refractivity contribution >= 4 is 17.4 Å². The monoisotopic (exact) mass is 534 g/mol. The van der Waals surface area contributed by atoms with Gasteiger partial charge in [0.2, 0.25) is 11.8 Å². The van der Waals surface area contributed by atoms with E-state index >= 15 is 0 Å². The van der Waals surface area contributed by atoms with Crippen LogP contribution in [0.25, 0.3) is 0 Å². The molecule has 9 nitrogen and oxygen atoms in total. The van der Waals surface area contributed by atoms with Crippen LogP contribution >= 0.6 is 0 Å². The lowest BCUT2D eigenvalue weighted by Crippen LogP contribution is -2.38. The molecule has 1 amide bonds. The quantitative estimate of drug-likeness (QED) is 0.600. The maximum atomic E-state index is 13.6. The van der Waals surface area contributed by atoms with E-state index < -0.39 is 17.6 Å². The molecule has 3 aliphatic rings. The van der Waals surface area contributed by atoms with Crippen molar-refractivity contribution in [3.05, 3.63) is 35.4 Å². The summed E-state index contributed by atoms with van der Waals surface area (Å²) in [5.41, 5.74) is 1.18. The third-order valence-corrected chi connectivity index (χ3v) is 7.90. The number of nitrogens with zero attached hydrogens (tertiary/aromatic N) is 5. The Labute approximate surface area is 219 Å². The molecule has 4 heterocycles. The second-order valence-electron chi connectivity index (χ2n) is 10.2. The molecule has 2 fully saturated rings. The molecule has 1 unspecified atom stereocenters. The van der Waals surface area contributed by atoms with E-state index in [1.807, 2.05) is 9.80 Å². The molecule has 38 heavy (non-hydrogen) atoms. The topological polar surface area (TPSA) is 92.7 Å². The highest BCUT2D eigenvalue weighted by Gasteiger charge is 2.37. The Kier molecular flexibility index (Phi) is 7.60. The zero-order valence-corrected chi connectivity index (χ0v) is 21.6. The number of likely N-dealkylation sites (tertiary alicyclic amines) is 1. The summed E-state index contributed by atoms with van der Waals surface area (Å²) in [6.45, 7) is 2.15. The molecule has 2 aromatic heterocycles. The lowest BCUT2D eigenvalue weighted by atomic mass is 9.86. The first-order valence-corrected chi connectivity index (χ1v) is 13.0. The highest BCUT2D eigenvalue weighted by molar-refractivity contribution is 5.79. The fraction of sp³-hybridized carbons (Fsp3) is 0.615. The SMILES string of the molecule is COc1ncc(N2CCc3ncnc(NC4CCN(C(=O)[C@H]5CC[C@H](OC)CC5)C4)c3C2)cc1C(F)(F)F. The first-order valence-electron chi connectivity index (χ1n) is 13.0. The van der Waals surface area contributed by atoms with Gasteiger partial charge in [0, 0.05) is 57.2 Å². The fourth-order valence-electron chi connectivity index (χ4n) is 5.74. The smallest absolute Gasteiger partial charge is 0.421 e. The lowest BCUT2D eigenvalue weighted by molar-refractivity contribution is -0.139. The number of ether oxygens (including phenoxy) is 2. The molecule has 0 spiro atoms. The van der Waals surface area contributed by atoms with Crippen LogP contribution in [0.3, 0.4) is 0 Å². The van der Waals surface area contributed by atoms with Crippen molar-refractivity contribution < 1.29 is 27.4 Å². The van der Waals surface area contributed by atoms with E-state index in [-0.39, 0.29) is 24.0 Å². The molecule has 1 saturated carbocycles. The van der Waals surface area contributed by atoms with Gasteiger partial charge in [-0.05, 0) is 38.2 Å². The van der Waals surface area contributed by atoms with Crippen molar-refractivity contribution in [1.82, 2.24) is 19.9 Å². The normalized spacial score (nSPS) is 23.8. The van der Waals surface area contributed by atoms with Crippen LogP contribution in [-0.4, -0.2) is 71.8 Å². The number of anilines is 2. The molecule has 2 aromatic rings. The number of rotatable bonds is 6. The number of carbonyl (C=O) groups is 1. The van der Waals surface area contributed by atoms with E-state index in [0.29, 0.717) is 44.1 Å². The molecule has 1 aliphatic carbocycles. The fourth-order valence-corrected chi connectivity index (χ4v) is 5.74. The number of alkyl halides is 3. The molecule has 206 valence electrons. The third kappa shape index (κ3) is 5.50. The minimum atomic E-state index is -4.58. The van der Waals surface area contributed by atoms with Crippen LogP contribution in [0.2, 0.25) is 0 Å². The molecule has 5 rings (SSSR count). The van der Waals surface area contributed by atoms with Crippen LogP contribution in [0.15, 0.2) is 18.6 Å². The van der Waals surface area contributed by atoms with Crippen molar-refractivity contribution in [2.45, 2.75) is 63.4 Å². The van der Waals surface area contributed by atoms with E-state index in [0.717, 1.165) is 49.4 Å². The molecule has 0 bridgehead atoms. The first kappa shape index (κ1) is 26.5. The number of amides is 1. The number of halogens is 3. The average Bonchev–Trinajstić information content (AvgIpc) is 3.40. The maximum absolute atomic E-state index is 13.6. The summed E-state index contributed by atoms with van der Waals surface area (Å²) in [4.78, 5) is 29.7. The lowest BCUT2D eigenvalue weighted by Gasteiger charge is -2.32. The van der Waals surface area contributed by atoms with E-state index in [2.05, 4.69) is 20.3 Å². The molecule has 0 radical (unpaired) electrons. The molecule has 12 heteroatoms. The predicted octanol–water partition coefficient (Wildman–Crippen LogP) is 3.68. The Balaban J connectivity index is 1.26. The van der Waals surface area contributed by atoms with Crippen molar-refractivity contribution in [2.75, 3.05) is 44.1 Å². The second-order valence-corrected chi connectivity index (χ2v) is 10.2. The Morgan fingerprint density at radius 2 is 1.87 bits per heavy atom. The van der Waals surface area contributed by atoms with Gasteiger partial charge in [-0.25, -0.2) is 15.0 Å². The van der Waals surface area contributed by atoms with Gasteiger partial charge >= 0.3 is 6.18 Å². The summed E-state index contributed by atoms with van der Waals surface area (Å²) < 4.78 is 50.9. The zero-order chi connectivity index (χ0) is 26.9. The largest absolute Gasteiger partial charge is 0.481 e. The van der Waals surface area contributed by atoms with Crippen molar-refractivity contribution in [3.8, 4) is 5.88 Å². The highest BCUT2D eigenvalue weighted by Crippen LogP contribution is 2.38. The molecule has 0 aromatic carbocycles. The van der Waals surface area contributed by atoms with E-state index in [4.69, 9.17) is 9.47 Å². The summed E-state index contributed by atoms with van der Waals surface area (Å²) in [5, 5.41) is 3.49. The van der Waals surface area contributed by atoms with Gasteiger partial charge in [-0.15, -0.1) is 0 Å². The van der Waals surface area contributed by atoms with Gasteiger partial charge in [0.05, 0.1) is 30.8 Å². The van der Waals surface area contributed by atoms with Crippen LogP contribution in [0, 0.1) is 5.92 Å². The van der Waals surface area contributed by atoms with Crippen molar-refractivity contribution in [3.63, 3.8) is 0 Å². The van der Waals surface area contributed by atoms with Gasteiger partial charge in [0.1, 0.15) is 17.7 Å². The van der Waals surface area contributed by atoms with Crippen LogP contribution in [-0.2, 0) is 28.7 Å². The van der Waals surface area contributed by atoms with Crippen LogP contribution in [0.5, 0.6) is 5.88 Å². The molecule has 2 aliphatic heterocycles. The molecule has 1 N–H and O–H groups in total. The summed E-state index contributed by atoms with van der Waals surface area (Å²) in [6.07, 6.45) is 3.51. The minimum absolute atomic E-state index is 0.0446. The summed E-state index contributed by atoms with van der Waals surface area (Å²) in [6, 6.07) is 1.12. The number of fused-ring (bicyclic) bond motifs is 1. The van der Waals surface area contributed by atoms with Gasteiger partial charge in [0.25, 0.3) is 0 Å². The molecule has 1 atom stereocenters. The van der Waals surface area contributed by atoms with Crippen LogP contribution in [0.4, 0.5) is 24.7 Å². The standard InChI is InChI=1S/C26H33F3N6O3/c1-37-19-5-3-16(4-6-19)25(36)35-9-7-17(13-35)33-23-20-14-34(10-8-22(20)31-15-32-23)18-11-21(26(27,28)29)24(38-2)30-12-18/h11-12,15-17,19H,3-10,13-14H2,1-2H3,(H,31,32,33)/t16-,17?,19-. The summed E-state index contributed by atoms with van der Waals surface area (Å²) in [5.74, 6) is 0.487. The molecule has 1 saturated heterocycles. The number of hydrogen-bond donors (Lipinski definition) is 1. The molecular formula is C26H33F3N6O3. The maximum Gasteiger partial charge on any atom is 0.421 e. The predicted molar refractivity (Wildman–Crippen MR) is 134 cm³/mol. The van der Waals surface area contributed by atoms with E-state index in [9.17, 15) is 18.0 Å². The number of hydrogen-bond acceptors (Lipinski definition) is 8. The van der Waals surface area contributed by atoms with Gasteiger partial charge in [-0.2, -0.15) is 13.2 Å². The van der Waals surface area contributed by atoms with Crippen molar-refractivity contribution in [2.24, 2.45) is 5.92 Å². The van der Waals surface area contributed by atoms with Gasteiger partial charge in [-0.3, -0.25) is 4.79 Å². The Bertz CT molecular complexity index is 1160. The number of nitrogens with one attached hydrogen (secondary N) is 1. The number of carbonyl (C=O) groups excluding carboxylic acids is 1. The summed E-state index contributed by atoms with van der Waals surface area (Å²) >= 11 is 0. The number of pyridine rings is 1. The van der Waals surface area contributed by atoms with Gasteiger partial charge < -0.3 is 24.6 Å². The van der Waals surface area contributed by atoms with E-state index in [1.165, 1.54) is 19.6 Å². The van der Waals surface area contributed by atoms with Crippen LogP contribution < -0.4 is 15.0 Å². The molecular weight excluding hydrogens is 501 g/mol.